The molecule has 1 saturated heterocycles. The standard InChI is InChI=1S/C9H10BrN3O2/c10-7-2-11-9(12-3-7)13-4-6(5-14)1-8(13)15/h2-3,6,14H,1,4-5H2. The first-order valence-electron chi connectivity index (χ1n) is 4.59. The molecule has 15 heavy (non-hydrogen) atoms. The van der Waals surface area contributed by atoms with Crippen LogP contribution in [-0.4, -0.2) is 34.1 Å². The average molecular weight is 272 g/mol. The van der Waals surface area contributed by atoms with E-state index in [-0.39, 0.29) is 18.4 Å². The fraction of sp³-hybridized carbons (Fsp3) is 0.444. The number of carbonyl (C=O) groups is 1. The van der Waals surface area contributed by atoms with Crippen LogP contribution in [0.3, 0.4) is 0 Å². The van der Waals surface area contributed by atoms with Crippen LogP contribution in [0.2, 0.25) is 0 Å². The van der Waals surface area contributed by atoms with Crippen molar-refractivity contribution in [3.63, 3.8) is 0 Å². The minimum absolute atomic E-state index is 0.00440. The third kappa shape index (κ3) is 2.15. The highest BCUT2D eigenvalue weighted by atomic mass is 79.9. The maximum absolute atomic E-state index is 11.6. The number of aliphatic hydroxyl groups excluding tert-OH is 1. The van der Waals surface area contributed by atoms with Crippen LogP contribution >= 0.6 is 15.9 Å². The molecule has 0 aliphatic carbocycles. The Morgan fingerprint density at radius 1 is 1.53 bits per heavy atom. The summed E-state index contributed by atoms with van der Waals surface area (Å²) < 4.78 is 0.775. The Labute approximate surface area is 95.3 Å². The van der Waals surface area contributed by atoms with Crippen molar-refractivity contribution in [1.82, 2.24) is 9.97 Å². The number of hydrogen-bond acceptors (Lipinski definition) is 4. The molecule has 6 heteroatoms. The predicted octanol–water partition coefficient (Wildman–Crippen LogP) is 0.584. The molecular formula is C9H10BrN3O2. The van der Waals surface area contributed by atoms with Gasteiger partial charge in [0.1, 0.15) is 0 Å². The Hall–Kier alpha value is -1.01. The number of anilines is 1. The van der Waals surface area contributed by atoms with Crippen LogP contribution in [0.4, 0.5) is 5.95 Å². The smallest absolute Gasteiger partial charge is 0.232 e. The first kappa shape index (κ1) is 10.5. The molecule has 2 rings (SSSR count). The lowest BCUT2D eigenvalue weighted by Crippen LogP contribution is -2.26. The largest absolute Gasteiger partial charge is 0.396 e. The third-order valence-electron chi connectivity index (χ3n) is 2.31. The van der Waals surface area contributed by atoms with E-state index in [0.717, 1.165) is 4.47 Å². The molecular weight excluding hydrogens is 262 g/mol. The zero-order valence-corrected chi connectivity index (χ0v) is 9.51. The monoisotopic (exact) mass is 271 g/mol. The number of aromatic nitrogens is 2. The third-order valence-corrected chi connectivity index (χ3v) is 2.72. The maximum Gasteiger partial charge on any atom is 0.232 e. The summed E-state index contributed by atoms with van der Waals surface area (Å²) in [5, 5.41) is 8.97. The van der Waals surface area contributed by atoms with Gasteiger partial charge in [-0.3, -0.25) is 9.69 Å². The lowest BCUT2D eigenvalue weighted by molar-refractivity contribution is -0.117. The van der Waals surface area contributed by atoms with Crippen LogP contribution in [0.25, 0.3) is 0 Å². The van der Waals surface area contributed by atoms with E-state index in [1.54, 1.807) is 12.4 Å². The second-order valence-corrected chi connectivity index (χ2v) is 4.37. The highest BCUT2D eigenvalue weighted by Gasteiger charge is 2.31. The molecule has 1 aromatic heterocycles. The highest BCUT2D eigenvalue weighted by Crippen LogP contribution is 2.21. The van der Waals surface area contributed by atoms with Crippen molar-refractivity contribution < 1.29 is 9.90 Å². The number of aliphatic hydroxyl groups is 1. The quantitative estimate of drug-likeness (QED) is 0.855. The van der Waals surface area contributed by atoms with Gasteiger partial charge in [-0.1, -0.05) is 0 Å². The molecule has 0 aromatic carbocycles. The average Bonchev–Trinajstić information content (AvgIpc) is 2.61. The Morgan fingerprint density at radius 3 is 2.73 bits per heavy atom. The van der Waals surface area contributed by atoms with Crippen molar-refractivity contribution in [2.24, 2.45) is 5.92 Å². The molecule has 1 aromatic rings. The molecule has 1 N–H and O–H groups in total. The lowest BCUT2D eigenvalue weighted by atomic mass is 10.1. The molecule has 0 spiro atoms. The van der Waals surface area contributed by atoms with Crippen molar-refractivity contribution in [2.45, 2.75) is 6.42 Å². The second-order valence-electron chi connectivity index (χ2n) is 3.46. The minimum atomic E-state index is -0.0311. The van der Waals surface area contributed by atoms with Gasteiger partial charge in [0.05, 0.1) is 4.47 Å². The summed E-state index contributed by atoms with van der Waals surface area (Å²) in [7, 11) is 0. The van der Waals surface area contributed by atoms with E-state index in [2.05, 4.69) is 25.9 Å². The molecule has 1 aliphatic heterocycles. The van der Waals surface area contributed by atoms with Crippen LogP contribution in [0.5, 0.6) is 0 Å². The van der Waals surface area contributed by atoms with E-state index in [4.69, 9.17) is 5.11 Å². The number of hydrogen-bond donors (Lipinski definition) is 1. The zero-order chi connectivity index (χ0) is 10.8. The van der Waals surface area contributed by atoms with Gasteiger partial charge >= 0.3 is 0 Å². The lowest BCUT2D eigenvalue weighted by Gasteiger charge is -2.13. The Kier molecular flexibility index (Phi) is 2.97. The van der Waals surface area contributed by atoms with E-state index in [0.29, 0.717) is 18.9 Å². The Bertz CT molecular complexity index is 368. The Morgan fingerprint density at radius 2 is 2.20 bits per heavy atom. The van der Waals surface area contributed by atoms with Gasteiger partial charge in [-0.15, -0.1) is 0 Å². The molecule has 1 fully saturated rings. The van der Waals surface area contributed by atoms with E-state index in [9.17, 15) is 4.79 Å². The summed E-state index contributed by atoms with van der Waals surface area (Å²) in [4.78, 5) is 21.1. The number of amides is 1. The molecule has 1 atom stereocenters. The molecule has 2 heterocycles. The summed E-state index contributed by atoms with van der Waals surface area (Å²) in [6.45, 7) is 0.524. The SMILES string of the molecule is O=C1CC(CO)CN1c1ncc(Br)cn1. The van der Waals surface area contributed by atoms with Crippen molar-refractivity contribution in [3.8, 4) is 0 Å². The number of halogens is 1. The van der Waals surface area contributed by atoms with Gasteiger partial charge in [0.25, 0.3) is 0 Å². The van der Waals surface area contributed by atoms with Crippen LogP contribution in [-0.2, 0) is 4.79 Å². The summed E-state index contributed by atoms with van der Waals surface area (Å²) in [5.41, 5.74) is 0. The van der Waals surface area contributed by atoms with Gasteiger partial charge in [0.15, 0.2) is 0 Å². The van der Waals surface area contributed by atoms with Crippen molar-refractivity contribution >= 4 is 27.8 Å². The van der Waals surface area contributed by atoms with Crippen molar-refractivity contribution in [3.05, 3.63) is 16.9 Å². The van der Waals surface area contributed by atoms with E-state index in [1.165, 1.54) is 4.90 Å². The normalized spacial score (nSPS) is 21.1. The van der Waals surface area contributed by atoms with Crippen molar-refractivity contribution in [2.75, 3.05) is 18.1 Å². The summed E-state index contributed by atoms with van der Waals surface area (Å²) in [6, 6.07) is 0. The Balaban J connectivity index is 2.18. The first-order valence-corrected chi connectivity index (χ1v) is 5.39. The van der Waals surface area contributed by atoms with Crippen LogP contribution in [0, 0.1) is 5.92 Å². The van der Waals surface area contributed by atoms with Gasteiger partial charge in [-0.2, -0.15) is 0 Å². The topological polar surface area (TPSA) is 66.3 Å². The highest BCUT2D eigenvalue weighted by molar-refractivity contribution is 9.10. The number of carbonyl (C=O) groups excluding carboxylic acids is 1. The summed E-state index contributed by atoms with van der Waals surface area (Å²) in [6.07, 6.45) is 3.57. The van der Waals surface area contributed by atoms with Gasteiger partial charge in [0, 0.05) is 37.9 Å². The second kappa shape index (κ2) is 4.24. The van der Waals surface area contributed by atoms with Gasteiger partial charge in [0.2, 0.25) is 11.9 Å². The number of rotatable bonds is 2. The molecule has 0 bridgehead atoms. The zero-order valence-electron chi connectivity index (χ0n) is 7.93. The van der Waals surface area contributed by atoms with Crippen LogP contribution in [0.1, 0.15) is 6.42 Å². The molecule has 1 amide bonds. The molecule has 5 nitrogen and oxygen atoms in total. The van der Waals surface area contributed by atoms with Crippen LogP contribution in [0.15, 0.2) is 16.9 Å². The molecule has 1 aliphatic rings. The molecule has 0 radical (unpaired) electrons. The molecule has 80 valence electrons. The van der Waals surface area contributed by atoms with Gasteiger partial charge in [-0.25, -0.2) is 9.97 Å². The summed E-state index contributed by atoms with van der Waals surface area (Å²) >= 11 is 3.23. The fourth-order valence-corrected chi connectivity index (χ4v) is 1.75. The van der Waals surface area contributed by atoms with E-state index < -0.39 is 0 Å². The van der Waals surface area contributed by atoms with Gasteiger partial charge in [-0.05, 0) is 15.9 Å². The van der Waals surface area contributed by atoms with Gasteiger partial charge < -0.3 is 5.11 Å². The van der Waals surface area contributed by atoms with Crippen molar-refractivity contribution in [1.29, 1.82) is 0 Å². The maximum atomic E-state index is 11.6. The molecule has 0 saturated carbocycles. The van der Waals surface area contributed by atoms with E-state index >= 15 is 0 Å². The van der Waals surface area contributed by atoms with Crippen LogP contribution < -0.4 is 4.90 Å². The fourth-order valence-electron chi connectivity index (χ4n) is 1.54. The number of nitrogens with zero attached hydrogens (tertiary/aromatic N) is 3. The predicted molar refractivity (Wildman–Crippen MR) is 57.3 cm³/mol. The summed E-state index contributed by atoms with van der Waals surface area (Å²) in [5.74, 6) is 0.375. The minimum Gasteiger partial charge on any atom is -0.396 e. The van der Waals surface area contributed by atoms with E-state index in [1.807, 2.05) is 0 Å². The first-order chi connectivity index (χ1) is 7.20. The molecule has 1 unspecified atom stereocenters.